The van der Waals surface area contributed by atoms with Gasteiger partial charge in [-0.1, -0.05) is 12.2 Å². The van der Waals surface area contributed by atoms with Crippen molar-refractivity contribution in [1.29, 1.82) is 0 Å². The second kappa shape index (κ2) is 4.99. The molecule has 1 heterocycles. The Hall–Kier alpha value is -0.0500. The predicted molar refractivity (Wildman–Crippen MR) is 56.3 cm³/mol. The van der Waals surface area contributed by atoms with E-state index in [1.165, 1.54) is 0 Å². The van der Waals surface area contributed by atoms with E-state index < -0.39 is 0 Å². The van der Waals surface area contributed by atoms with E-state index in [9.17, 15) is 0 Å². The van der Waals surface area contributed by atoms with E-state index in [2.05, 4.69) is 24.8 Å². The van der Waals surface area contributed by atoms with Crippen LogP contribution in [0.15, 0.2) is 12.2 Å². The van der Waals surface area contributed by atoms with Crippen molar-refractivity contribution in [3.05, 3.63) is 12.2 Å². The van der Waals surface area contributed by atoms with Crippen LogP contribution in [0.3, 0.4) is 0 Å². The SMILES string of the molecule is CC1(C)COCCN1C/C=C/CCl. The first kappa shape index (κ1) is 11.0. The Balaban J connectivity index is 2.41. The average Bonchev–Trinajstić information content (AvgIpc) is 2.08. The van der Waals surface area contributed by atoms with Gasteiger partial charge in [0, 0.05) is 24.5 Å². The van der Waals surface area contributed by atoms with Crippen LogP contribution < -0.4 is 0 Å². The van der Waals surface area contributed by atoms with Crippen LogP contribution in [0.4, 0.5) is 0 Å². The molecular weight excluding hydrogens is 186 g/mol. The monoisotopic (exact) mass is 203 g/mol. The Morgan fingerprint density at radius 3 is 2.85 bits per heavy atom. The number of allylic oxidation sites excluding steroid dienone is 1. The van der Waals surface area contributed by atoms with Gasteiger partial charge >= 0.3 is 0 Å². The normalized spacial score (nSPS) is 23.9. The summed E-state index contributed by atoms with van der Waals surface area (Å²) in [5.74, 6) is 0.602. The van der Waals surface area contributed by atoms with E-state index in [0.29, 0.717) is 5.88 Å². The van der Waals surface area contributed by atoms with Crippen LogP contribution in [0.25, 0.3) is 0 Å². The Labute approximate surface area is 85.5 Å². The molecule has 3 heteroatoms. The summed E-state index contributed by atoms with van der Waals surface area (Å²) in [4.78, 5) is 2.42. The third-order valence-electron chi connectivity index (χ3n) is 2.40. The molecule has 0 amide bonds. The number of alkyl halides is 1. The van der Waals surface area contributed by atoms with Gasteiger partial charge in [-0.2, -0.15) is 0 Å². The minimum Gasteiger partial charge on any atom is -0.378 e. The molecule has 0 aliphatic carbocycles. The highest BCUT2D eigenvalue weighted by Crippen LogP contribution is 2.18. The van der Waals surface area contributed by atoms with Crippen LogP contribution in [0, 0.1) is 0 Å². The summed E-state index contributed by atoms with van der Waals surface area (Å²) >= 11 is 5.56. The Morgan fingerprint density at radius 2 is 2.23 bits per heavy atom. The molecule has 0 spiro atoms. The summed E-state index contributed by atoms with van der Waals surface area (Å²) in [6.45, 7) is 8.07. The van der Waals surface area contributed by atoms with Crippen LogP contribution in [0.2, 0.25) is 0 Å². The molecule has 1 aliphatic rings. The molecule has 0 aromatic heterocycles. The first-order chi connectivity index (χ1) is 6.17. The number of nitrogens with zero attached hydrogens (tertiary/aromatic N) is 1. The van der Waals surface area contributed by atoms with Gasteiger partial charge in [0.25, 0.3) is 0 Å². The maximum absolute atomic E-state index is 5.56. The zero-order chi connectivity index (χ0) is 9.73. The molecule has 0 atom stereocenters. The van der Waals surface area contributed by atoms with Crippen LogP contribution in [-0.2, 0) is 4.74 Å². The van der Waals surface area contributed by atoms with Crippen molar-refractivity contribution < 1.29 is 4.74 Å². The van der Waals surface area contributed by atoms with Crippen LogP contribution in [-0.4, -0.2) is 42.6 Å². The molecule has 1 fully saturated rings. The van der Waals surface area contributed by atoms with Crippen molar-refractivity contribution in [3.8, 4) is 0 Å². The van der Waals surface area contributed by atoms with E-state index in [1.54, 1.807) is 0 Å². The third-order valence-corrected chi connectivity index (χ3v) is 2.58. The van der Waals surface area contributed by atoms with Crippen molar-refractivity contribution in [2.45, 2.75) is 19.4 Å². The third kappa shape index (κ3) is 3.29. The van der Waals surface area contributed by atoms with Gasteiger partial charge < -0.3 is 4.74 Å². The van der Waals surface area contributed by atoms with Crippen molar-refractivity contribution in [2.75, 3.05) is 32.2 Å². The Morgan fingerprint density at radius 1 is 1.46 bits per heavy atom. The summed E-state index contributed by atoms with van der Waals surface area (Å²) < 4.78 is 5.43. The number of rotatable bonds is 3. The van der Waals surface area contributed by atoms with E-state index in [1.807, 2.05) is 6.08 Å². The van der Waals surface area contributed by atoms with Gasteiger partial charge in [-0.25, -0.2) is 0 Å². The minimum absolute atomic E-state index is 0.162. The summed E-state index contributed by atoms with van der Waals surface area (Å²) in [7, 11) is 0. The number of hydrogen-bond acceptors (Lipinski definition) is 2. The molecule has 13 heavy (non-hydrogen) atoms. The van der Waals surface area contributed by atoms with Crippen LogP contribution in [0.1, 0.15) is 13.8 Å². The van der Waals surface area contributed by atoms with E-state index in [4.69, 9.17) is 16.3 Å². The lowest BCUT2D eigenvalue weighted by atomic mass is 10.0. The lowest BCUT2D eigenvalue weighted by Gasteiger charge is -2.41. The second-order valence-electron chi connectivity index (χ2n) is 3.94. The van der Waals surface area contributed by atoms with Gasteiger partial charge in [-0.05, 0) is 13.8 Å². The number of ether oxygens (including phenoxy) is 1. The Kier molecular flexibility index (Phi) is 4.23. The summed E-state index contributed by atoms with van der Waals surface area (Å²) in [6.07, 6.45) is 4.12. The molecule has 0 N–H and O–H groups in total. The van der Waals surface area contributed by atoms with Gasteiger partial charge in [-0.3, -0.25) is 4.90 Å². The fraction of sp³-hybridized carbons (Fsp3) is 0.800. The standard InChI is InChI=1S/C10H18ClNO/c1-10(2)9-13-8-7-12(10)6-4-3-5-11/h3-4H,5-9H2,1-2H3/b4-3+. The topological polar surface area (TPSA) is 12.5 Å². The first-order valence-corrected chi connectivity index (χ1v) is 5.24. The zero-order valence-electron chi connectivity index (χ0n) is 8.42. The van der Waals surface area contributed by atoms with Crippen molar-refractivity contribution >= 4 is 11.6 Å². The lowest BCUT2D eigenvalue weighted by Crippen LogP contribution is -2.52. The van der Waals surface area contributed by atoms with Crippen molar-refractivity contribution in [3.63, 3.8) is 0 Å². The fourth-order valence-electron chi connectivity index (χ4n) is 1.49. The summed E-state index contributed by atoms with van der Waals surface area (Å²) in [6, 6.07) is 0. The van der Waals surface area contributed by atoms with Crippen LogP contribution in [0.5, 0.6) is 0 Å². The van der Waals surface area contributed by atoms with Gasteiger partial charge in [0.2, 0.25) is 0 Å². The number of hydrogen-bond donors (Lipinski definition) is 0. The first-order valence-electron chi connectivity index (χ1n) is 4.70. The maximum atomic E-state index is 5.56. The lowest BCUT2D eigenvalue weighted by molar-refractivity contribution is -0.0450. The predicted octanol–water partition coefficient (Wildman–Crippen LogP) is 1.89. The van der Waals surface area contributed by atoms with Crippen LogP contribution >= 0.6 is 11.6 Å². The molecule has 1 rings (SSSR count). The molecule has 0 bridgehead atoms. The molecule has 1 saturated heterocycles. The minimum atomic E-state index is 0.162. The highest BCUT2D eigenvalue weighted by atomic mass is 35.5. The molecule has 0 aromatic carbocycles. The van der Waals surface area contributed by atoms with Crippen molar-refractivity contribution in [2.24, 2.45) is 0 Å². The Bertz CT molecular complexity index is 180. The molecule has 0 saturated carbocycles. The van der Waals surface area contributed by atoms with Gasteiger partial charge in [0.15, 0.2) is 0 Å². The summed E-state index contributed by atoms with van der Waals surface area (Å²) in [5, 5.41) is 0. The maximum Gasteiger partial charge on any atom is 0.0645 e. The highest BCUT2D eigenvalue weighted by molar-refractivity contribution is 6.18. The molecular formula is C10H18ClNO. The largest absolute Gasteiger partial charge is 0.378 e. The number of halogens is 1. The molecule has 0 aromatic rings. The molecule has 0 radical (unpaired) electrons. The van der Waals surface area contributed by atoms with E-state index in [-0.39, 0.29) is 5.54 Å². The molecule has 76 valence electrons. The smallest absolute Gasteiger partial charge is 0.0645 e. The zero-order valence-corrected chi connectivity index (χ0v) is 9.18. The van der Waals surface area contributed by atoms with E-state index >= 15 is 0 Å². The van der Waals surface area contributed by atoms with E-state index in [0.717, 1.165) is 26.3 Å². The number of morpholine rings is 1. The van der Waals surface area contributed by atoms with Gasteiger partial charge in [-0.15, -0.1) is 11.6 Å². The quantitative estimate of drug-likeness (QED) is 0.513. The second-order valence-corrected chi connectivity index (χ2v) is 4.25. The average molecular weight is 204 g/mol. The fourth-order valence-corrected chi connectivity index (χ4v) is 1.62. The highest BCUT2D eigenvalue weighted by Gasteiger charge is 2.29. The van der Waals surface area contributed by atoms with Crippen molar-refractivity contribution in [1.82, 2.24) is 4.90 Å². The molecule has 1 aliphatic heterocycles. The van der Waals surface area contributed by atoms with Gasteiger partial charge in [0.05, 0.1) is 13.2 Å². The molecule has 0 unspecified atom stereocenters. The molecule has 2 nitrogen and oxygen atoms in total. The summed E-state index contributed by atoms with van der Waals surface area (Å²) in [5.41, 5.74) is 0.162. The van der Waals surface area contributed by atoms with Gasteiger partial charge in [0.1, 0.15) is 0 Å².